The summed E-state index contributed by atoms with van der Waals surface area (Å²) in [5, 5.41) is 2.72. The first kappa shape index (κ1) is 27.8. The zero-order valence-electron chi connectivity index (χ0n) is 20.3. The van der Waals surface area contributed by atoms with Crippen LogP contribution in [0.4, 0.5) is 13.2 Å². The van der Waals surface area contributed by atoms with Gasteiger partial charge in [0.15, 0.2) is 0 Å². The molecule has 0 aliphatic heterocycles. The smallest absolute Gasteiger partial charge is 0.416 e. The van der Waals surface area contributed by atoms with Crippen LogP contribution in [-0.2, 0) is 22.1 Å². The fourth-order valence-corrected chi connectivity index (χ4v) is 5.84. The molecule has 0 atom stereocenters. The summed E-state index contributed by atoms with van der Waals surface area (Å²) in [4.78, 5) is 26.2. The second kappa shape index (κ2) is 12.5. The Bertz CT molecular complexity index is 1180. The highest BCUT2D eigenvalue weighted by Crippen LogP contribution is 2.35. The van der Waals surface area contributed by atoms with E-state index in [9.17, 15) is 22.8 Å². The zero-order valence-corrected chi connectivity index (χ0v) is 22.0. The van der Waals surface area contributed by atoms with Gasteiger partial charge in [-0.05, 0) is 91.1 Å². The van der Waals surface area contributed by atoms with E-state index in [1.165, 1.54) is 30.6 Å². The average molecular weight is 536 g/mol. The van der Waals surface area contributed by atoms with E-state index in [-0.39, 0.29) is 24.8 Å². The number of benzene rings is 2. The Morgan fingerprint density at radius 2 is 1.69 bits per heavy atom. The number of thioether (sulfide) groups is 1. The van der Waals surface area contributed by atoms with E-state index in [0.717, 1.165) is 62.8 Å². The second-order valence-electron chi connectivity index (χ2n) is 8.31. The molecule has 36 heavy (non-hydrogen) atoms. The monoisotopic (exact) mass is 535 g/mol. The lowest BCUT2D eigenvalue weighted by Crippen LogP contribution is -2.25. The molecule has 2 aromatic carbocycles. The maximum atomic E-state index is 12.9. The highest BCUT2D eigenvalue weighted by Gasteiger charge is 2.30. The first-order valence-corrected chi connectivity index (χ1v) is 13.2. The number of halogens is 3. The van der Waals surface area contributed by atoms with E-state index >= 15 is 0 Å². The molecule has 9 heteroatoms. The highest BCUT2D eigenvalue weighted by molar-refractivity contribution is 7.99. The van der Waals surface area contributed by atoms with Crippen LogP contribution in [0.5, 0.6) is 0 Å². The lowest BCUT2D eigenvalue weighted by atomic mass is 9.95. The summed E-state index contributed by atoms with van der Waals surface area (Å²) in [6.07, 6.45) is -2.41. The molecule has 0 saturated carbocycles. The number of hydrogen-bond acceptors (Lipinski definition) is 5. The molecule has 1 N–H and O–H groups in total. The molecule has 0 saturated heterocycles. The summed E-state index contributed by atoms with van der Waals surface area (Å²) < 4.78 is 43.2. The molecule has 0 fully saturated rings. The molecule has 1 heterocycles. The van der Waals surface area contributed by atoms with Gasteiger partial charge in [0, 0.05) is 16.3 Å². The molecule has 0 spiro atoms. The van der Waals surface area contributed by atoms with Crippen molar-refractivity contribution in [2.75, 3.05) is 19.4 Å². The molecule has 0 aliphatic carbocycles. The molecule has 1 aromatic heterocycles. The molecular formula is C27H28F3NO3S2. The molecule has 0 aliphatic rings. The Balaban J connectivity index is 1.51. The Kier molecular flexibility index (Phi) is 9.62. The van der Waals surface area contributed by atoms with Crippen LogP contribution in [0.2, 0.25) is 0 Å². The van der Waals surface area contributed by atoms with Gasteiger partial charge >= 0.3 is 12.1 Å². The molecule has 1 amide bonds. The summed E-state index contributed by atoms with van der Waals surface area (Å²) in [7, 11) is 1.31. The summed E-state index contributed by atoms with van der Waals surface area (Å²) in [6.45, 7) is 4.20. The zero-order chi connectivity index (χ0) is 26.3. The maximum absolute atomic E-state index is 12.9. The molecule has 0 radical (unpaired) electrons. The minimum Gasteiger partial charge on any atom is -0.469 e. The number of hydrogen-bond donors (Lipinski definition) is 1. The molecule has 192 valence electrons. The van der Waals surface area contributed by atoms with Crippen LogP contribution < -0.4 is 5.32 Å². The van der Waals surface area contributed by atoms with Crippen LogP contribution in [-0.4, -0.2) is 31.3 Å². The van der Waals surface area contributed by atoms with Gasteiger partial charge in [0.2, 0.25) is 0 Å². The minimum absolute atomic E-state index is 0.141. The van der Waals surface area contributed by atoms with Gasteiger partial charge in [-0.25, -0.2) is 0 Å². The summed E-state index contributed by atoms with van der Waals surface area (Å²) in [6, 6.07) is 13.2. The lowest BCUT2D eigenvalue weighted by Gasteiger charge is -2.14. The van der Waals surface area contributed by atoms with Crippen molar-refractivity contribution >= 4 is 35.0 Å². The fraction of sp³-hybridized carbons (Fsp3) is 0.333. The standard InChI is InChI=1S/C27H28F3NO3S2/c1-17-15-22(16-18(2)25(17)19-6-8-20(9-7-19)27(28,29)30)35-14-4-5-21-10-11-23(36-21)26(33)31-13-12-24(32)34-3/h6-11,15-16H,4-5,12-14H2,1-3H3,(H,31,33). The van der Waals surface area contributed by atoms with Crippen LogP contribution in [0.15, 0.2) is 53.4 Å². The van der Waals surface area contributed by atoms with E-state index in [0.29, 0.717) is 4.88 Å². The van der Waals surface area contributed by atoms with Crippen molar-refractivity contribution in [3.05, 3.63) is 75.0 Å². The Hall–Kier alpha value is -2.78. The Labute approximate surface area is 217 Å². The van der Waals surface area contributed by atoms with Gasteiger partial charge < -0.3 is 10.1 Å². The summed E-state index contributed by atoms with van der Waals surface area (Å²) in [5.41, 5.74) is 3.14. The first-order chi connectivity index (χ1) is 17.1. The quantitative estimate of drug-likeness (QED) is 0.171. The summed E-state index contributed by atoms with van der Waals surface area (Å²) in [5.74, 6) is 0.347. The van der Waals surface area contributed by atoms with E-state index in [1.54, 1.807) is 17.8 Å². The number of ether oxygens (including phenoxy) is 1. The van der Waals surface area contributed by atoms with Crippen LogP contribution in [0, 0.1) is 13.8 Å². The van der Waals surface area contributed by atoms with E-state index in [2.05, 4.69) is 22.2 Å². The molecule has 0 unspecified atom stereocenters. The van der Waals surface area contributed by atoms with Crippen molar-refractivity contribution in [2.45, 2.75) is 44.2 Å². The molecular weight excluding hydrogens is 507 g/mol. The number of thiophene rings is 1. The molecule has 4 nitrogen and oxygen atoms in total. The normalized spacial score (nSPS) is 11.4. The van der Waals surface area contributed by atoms with E-state index < -0.39 is 11.7 Å². The van der Waals surface area contributed by atoms with Crippen LogP contribution in [0.25, 0.3) is 11.1 Å². The number of aryl methyl sites for hydroxylation is 3. The average Bonchev–Trinajstić information content (AvgIpc) is 3.30. The Morgan fingerprint density at radius 1 is 1.03 bits per heavy atom. The van der Waals surface area contributed by atoms with E-state index in [4.69, 9.17) is 0 Å². The van der Waals surface area contributed by atoms with E-state index in [1.807, 2.05) is 19.9 Å². The first-order valence-electron chi connectivity index (χ1n) is 11.4. The van der Waals surface area contributed by atoms with Crippen molar-refractivity contribution in [3.63, 3.8) is 0 Å². The van der Waals surface area contributed by atoms with Crippen LogP contribution >= 0.6 is 23.1 Å². The number of esters is 1. The number of carbonyl (C=O) groups is 2. The lowest BCUT2D eigenvalue weighted by molar-refractivity contribution is -0.140. The van der Waals surface area contributed by atoms with Gasteiger partial charge in [0.25, 0.3) is 5.91 Å². The van der Waals surface area contributed by atoms with Crippen molar-refractivity contribution in [1.29, 1.82) is 0 Å². The van der Waals surface area contributed by atoms with Crippen molar-refractivity contribution in [2.24, 2.45) is 0 Å². The number of rotatable bonds is 10. The second-order valence-corrected chi connectivity index (χ2v) is 10.6. The van der Waals surface area contributed by atoms with Gasteiger partial charge in [-0.1, -0.05) is 12.1 Å². The molecule has 3 aromatic rings. The number of nitrogens with one attached hydrogen (secondary N) is 1. The molecule has 3 rings (SSSR count). The largest absolute Gasteiger partial charge is 0.469 e. The maximum Gasteiger partial charge on any atom is 0.416 e. The fourth-order valence-electron chi connectivity index (χ4n) is 3.83. The summed E-state index contributed by atoms with van der Waals surface area (Å²) >= 11 is 3.19. The van der Waals surface area contributed by atoms with Gasteiger partial charge in [-0.3, -0.25) is 9.59 Å². The topological polar surface area (TPSA) is 55.4 Å². The van der Waals surface area contributed by atoms with Crippen LogP contribution in [0.3, 0.4) is 0 Å². The van der Waals surface area contributed by atoms with Crippen molar-refractivity contribution in [1.82, 2.24) is 5.32 Å². The van der Waals surface area contributed by atoms with Crippen LogP contribution in [0.1, 0.15) is 44.1 Å². The molecule has 0 bridgehead atoms. The third-order valence-corrected chi connectivity index (χ3v) is 7.78. The number of methoxy groups -OCH3 is 1. The predicted octanol–water partition coefficient (Wildman–Crippen LogP) is 7.07. The SMILES string of the molecule is COC(=O)CCNC(=O)c1ccc(CCCSc2cc(C)c(-c3ccc(C(F)(F)F)cc3)c(C)c2)s1. The third-order valence-electron chi connectivity index (χ3n) is 5.57. The minimum atomic E-state index is -4.34. The Morgan fingerprint density at radius 3 is 2.31 bits per heavy atom. The van der Waals surface area contributed by atoms with Gasteiger partial charge in [-0.15, -0.1) is 23.1 Å². The highest BCUT2D eigenvalue weighted by atomic mass is 32.2. The van der Waals surface area contributed by atoms with Crippen molar-refractivity contribution in [3.8, 4) is 11.1 Å². The van der Waals surface area contributed by atoms with Crippen molar-refractivity contribution < 1.29 is 27.5 Å². The van der Waals surface area contributed by atoms with Gasteiger partial charge in [0.05, 0.1) is 24.0 Å². The number of alkyl halides is 3. The number of amides is 1. The third kappa shape index (κ3) is 7.61. The van der Waals surface area contributed by atoms with Gasteiger partial charge in [0.1, 0.15) is 0 Å². The van der Waals surface area contributed by atoms with Gasteiger partial charge in [-0.2, -0.15) is 13.2 Å². The predicted molar refractivity (Wildman–Crippen MR) is 139 cm³/mol. The number of carbonyl (C=O) groups excluding carboxylic acids is 2.